The first-order chi connectivity index (χ1) is 13.1. The fourth-order valence-corrected chi connectivity index (χ4v) is 3.90. The highest BCUT2D eigenvalue weighted by Gasteiger charge is 2.16. The van der Waals surface area contributed by atoms with E-state index in [-0.39, 0.29) is 5.82 Å². The molecule has 1 aliphatic rings. The van der Waals surface area contributed by atoms with Gasteiger partial charge in [-0.25, -0.2) is 9.37 Å². The fraction of sp³-hybridized carbons (Fsp3) is 0.318. The van der Waals surface area contributed by atoms with Gasteiger partial charge in [-0.2, -0.15) is 0 Å². The summed E-state index contributed by atoms with van der Waals surface area (Å²) in [5, 5.41) is 9.12. The Morgan fingerprint density at radius 3 is 2.96 bits per heavy atom. The molecule has 1 saturated heterocycles. The van der Waals surface area contributed by atoms with Crippen molar-refractivity contribution >= 4 is 22.3 Å². The number of nitrogens with one attached hydrogen (secondary N) is 2. The van der Waals surface area contributed by atoms with Crippen molar-refractivity contribution in [2.24, 2.45) is 0 Å². The van der Waals surface area contributed by atoms with Crippen molar-refractivity contribution in [3.63, 3.8) is 0 Å². The Bertz CT molecular complexity index is 942. The van der Waals surface area contributed by atoms with Gasteiger partial charge in [0.1, 0.15) is 11.6 Å². The summed E-state index contributed by atoms with van der Waals surface area (Å²) in [5.74, 6) is 0.277. The summed E-state index contributed by atoms with van der Waals surface area (Å²) in [7, 11) is 0. The molecule has 5 heteroatoms. The van der Waals surface area contributed by atoms with E-state index in [4.69, 9.17) is 5.73 Å². The topological polar surface area (TPSA) is 63.0 Å². The molecule has 1 aromatic heterocycles. The minimum absolute atomic E-state index is 0.208. The highest BCUT2D eigenvalue weighted by Crippen LogP contribution is 2.35. The van der Waals surface area contributed by atoms with Gasteiger partial charge < -0.3 is 16.4 Å². The van der Waals surface area contributed by atoms with E-state index in [1.54, 1.807) is 12.3 Å². The second-order valence-electron chi connectivity index (χ2n) is 7.33. The van der Waals surface area contributed by atoms with Gasteiger partial charge in [0.25, 0.3) is 0 Å². The highest BCUT2D eigenvalue weighted by atomic mass is 19.1. The van der Waals surface area contributed by atoms with E-state index in [0.717, 1.165) is 47.1 Å². The Kier molecular flexibility index (Phi) is 4.94. The quantitative estimate of drug-likeness (QED) is 0.641. The molecule has 140 valence electrons. The van der Waals surface area contributed by atoms with Gasteiger partial charge in [0.15, 0.2) is 0 Å². The standard InChI is InChI=1S/C22H25FN4/c1-14-5-4-7-19(23)22(14)15-9-16-12-26-21(24)11-18(16)20(10-15)27-17-6-2-3-8-25-13-17/h4-5,7,9-12,17,25,27H,2-3,6,8,13H2,1H3,(H2,24,26)/t17-/m0/s1. The smallest absolute Gasteiger partial charge is 0.131 e. The highest BCUT2D eigenvalue weighted by molar-refractivity contribution is 5.98. The number of nitrogens with zero attached hydrogens (tertiary/aromatic N) is 1. The Hall–Kier alpha value is -2.66. The molecule has 1 fully saturated rings. The van der Waals surface area contributed by atoms with Crippen LogP contribution in [0.25, 0.3) is 21.9 Å². The first-order valence-electron chi connectivity index (χ1n) is 9.54. The first-order valence-corrected chi connectivity index (χ1v) is 9.54. The molecule has 0 aliphatic carbocycles. The van der Waals surface area contributed by atoms with E-state index in [1.165, 1.54) is 18.9 Å². The number of aryl methyl sites for hydroxylation is 1. The van der Waals surface area contributed by atoms with Gasteiger partial charge in [-0.3, -0.25) is 0 Å². The Balaban J connectivity index is 1.83. The predicted octanol–water partition coefficient (Wildman–Crippen LogP) is 4.49. The Morgan fingerprint density at radius 1 is 1.22 bits per heavy atom. The Labute approximate surface area is 159 Å². The van der Waals surface area contributed by atoms with Crippen molar-refractivity contribution in [2.45, 2.75) is 32.2 Å². The maximum absolute atomic E-state index is 14.6. The van der Waals surface area contributed by atoms with Crippen molar-refractivity contribution in [3.8, 4) is 11.1 Å². The van der Waals surface area contributed by atoms with E-state index in [0.29, 0.717) is 17.4 Å². The summed E-state index contributed by atoms with van der Waals surface area (Å²) in [4.78, 5) is 4.23. The number of rotatable bonds is 3. The van der Waals surface area contributed by atoms with Crippen LogP contribution in [0.15, 0.2) is 42.6 Å². The lowest BCUT2D eigenvalue weighted by Crippen LogP contribution is -2.31. The third-order valence-corrected chi connectivity index (χ3v) is 5.27. The number of benzene rings is 2. The lowest BCUT2D eigenvalue weighted by atomic mass is 9.96. The molecular formula is C22H25FN4. The van der Waals surface area contributed by atoms with Crippen LogP contribution in [0, 0.1) is 12.7 Å². The van der Waals surface area contributed by atoms with Crippen molar-refractivity contribution in [1.82, 2.24) is 10.3 Å². The number of nitrogens with two attached hydrogens (primary N) is 1. The average Bonchev–Trinajstić information content (AvgIpc) is 2.91. The zero-order valence-corrected chi connectivity index (χ0v) is 15.6. The normalized spacial score (nSPS) is 17.6. The number of fused-ring (bicyclic) bond motifs is 1. The monoisotopic (exact) mass is 364 g/mol. The second-order valence-corrected chi connectivity index (χ2v) is 7.33. The van der Waals surface area contributed by atoms with Crippen LogP contribution in [0.4, 0.5) is 15.9 Å². The number of aromatic nitrogens is 1. The van der Waals surface area contributed by atoms with E-state index >= 15 is 0 Å². The summed E-state index contributed by atoms with van der Waals surface area (Å²) in [6.45, 7) is 3.92. The van der Waals surface area contributed by atoms with Gasteiger partial charge in [-0.15, -0.1) is 0 Å². The van der Waals surface area contributed by atoms with Crippen LogP contribution in [0.3, 0.4) is 0 Å². The van der Waals surface area contributed by atoms with Gasteiger partial charge in [0, 0.05) is 40.8 Å². The minimum atomic E-state index is -0.208. The zero-order chi connectivity index (χ0) is 18.8. The third kappa shape index (κ3) is 3.74. The van der Waals surface area contributed by atoms with Gasteiger partial charge in [0.05, 0.1) is 0 Å². The summed E-state index contributed by atoms with van der Waals surface area (Å²) >= 11 is 0. The molecule has 2 heterocycles. The number of hydrogen-bond acceptors (Lipinski definition) is 4. The van der Waals surface area contributed by atoms with Crippen LogP contribution in [0.1, 0.15) is 24.8 Å². The van der Waals surface area contributed by atoms with Crippen molar-refractivity contribution in [1.29, 1.82) is 0 Å². The maximum Gasteiger partial charge on any atom is 0.131 e. The van der Waals surface area contributed by atoms with Crippen LogP contribution in [-0.2, 0) is 0 Å². The molecule has 0 amide bonds. The van der Waals surface area contributed by atoms with E-state index in [2.05, 4.69) is 15.6 Å². The predicted molar refractivity (Wildman–Crippen MR) is 110 cm³/mol. The Morgan fingerprint density at radius 2 is 2.11 bits per heavy atom. The molecule has 0 saturated carbocycles. The van der Waals surface area contributed by atoms with Crippen molar-refractivity contribution < 1.29 is 4.39 Å². The lowest BCUT2D eigenvalue weighted by molar-refractivity contribution is 0.630. The summed E-state index contributed by atoms with van der Waals surface area (Å²) in [6, 6.07) is 11.4. The number of pyridine rings is 1. The van der Waals surface area contributed by atoms with Crippen LogP contribution < -0.4 is 16.4 Å². The SMILES string of the molecule is Cc1cccc(F)c1-c1cc(N[C@H]2CCCCNC2)c2cc(N)ncc2c1. The average molecular weight is 364 g/mol. The number of hydrogen-bond donors (Lipinski definition) is 3. The lowest BCUT2D eigenvalue weighted by Gasteiger charge is -2.21. The van der Waals surface area contributed by atoms with Gasteiger partial charge in [-0.1, -0.05) is 18.6 Å². The van der Waals surface area contributed by atoms with Gasteiger partial charge in [0.2, 0.25) is 0 Å². The van der Waals surface area contributed by atoms with Crippen LogP contribution >= 0.6 is 0 Å². The molecule has 4 rings (SSSR count). The zero-order valence-electron chi connectivity index (χ0n) is 15.6. The molecular weight excluding hydrogens is 339 g/mol. The first kappa shape index (κ1) is 17.7. The molecule has 3 aromatic rings. The van der Waals surface area contributed by atoms with Crippen molar-refractivity contribution in [3.05, 3.63) is 54.0 Å². The van der Waals surface area contributed by atoms with Crippen molar-refractivity contribution in [2.75, 3.05) is 24.1 Å². The molecule has 27 heavy (non-hydrogen) atoms. The molecule has 0 spiro atoms. The van der Waals surface area contributed by atoms with E-state index < -0.39 is 0 Å². The molecule has 0 bridgehead atoms. The molecule has 2 aromatic carbocycles. The van der Waals surface area contributed by atoms with E-state index in [9.17, 15) is 4.39 Å². The number of nitrogen functional groups attached to an aromatic ring is 1. The molecule has 4 N–H and O–H groups in total. The minimum Gasteiger partial charge on any atom is -0.384 e. The van der Waals surface area contributed by atoms with Crippen LogP contribution in [-0.4, -0.2) is 24.1 Å². The molecule has 1 aliphatic heterocycles. The third-order valence-electron chi connectivity index (χ3n) is 5.27. The van der Waals surface area contributed by atoms with Crippen LogP contribution in [0.2, 0.25) is 0 Å². The van der Waals surface area contributed by atoms with Crippen LogP contribution in [0.5, 0.6) is 0 Å². The molecule has 0 unspecified atom stereocenters. The molecule has 1 atom stereocenters. The fourth-order valence-electron chi connectivity index (χ4n) is 3.90. The molecule has 0 radical (unpaired) electrons. The second kappa shape index (κ2) is 7.53. The van der Waals surface area contributed by atoms with Gasteiger partial charge in [-0.05, 0) is 61.7 Å². The summed E-state index contributed by atoms with van der Waals surface area (Å²) in [6.07, 6.45) is 5.27. The largest absolute Gasteiger partial charge is 0.384 e. The maximum atomic E-state index is 14.6. The van der Waals surface area contributed by atoms with Gasteiger partial charge >= 0.3 is 0 Å². The summed E-state index contributed by atoms with van der Waals surface area (Å²) in [5.41, 5.74) is 9.33. The van der Waals surface area contributed by atoms with E-state index in [1.807, 2.05) is 31.2 Å². The number of anilines is 2. The summed E-state index contributed by atoms with van der Waals surface area (Å²) < 4.78 is 14.6. The molecule has 4 nitrogen and oxygen atoms in total. The number of halogens is 1.